The van der Waals surface area contributed by atoms with Gasteiger partial charge in [0.25, 0.3) is 0 Å². The molecule has 17 N–H and O–H groups in total. The average Bonchev–Trinajstić information content (AvgIpc) is 1.14. The first kappa shape index (κ1) is 71.7. The van der Waals surface area contributed by atoms with Crippen LogP contribution in [0.4, 0.5) is 0 Å². The molecular weight excluding hydrogens is 350 g/mol. The normalized spacial score (nSPS) is 6.83. The standard InChI is InChI=1S/K.Mg.H3O7PS.7H2O.3H/c;;1-8(2,3)7-9(4,5)6;;;;;;;;;;/h;;(H2,1,2,3)(H,4,5,6);7*1H2;;;/q+1;+2;;;;;;;;;3*-1. The molecule has 0 aromatic carbocycles. The van der Waals surface area contributed by atoms with Crippen LogP contribution in [0.1, 0.15) is 4.28 Å². The second kappa shape index (κ2) is 27.5. The summed E-state index contributed by atoms with van der Waals surface area (Å²) in [7, 11) is -10.2. The third-order valence-corrected chi connectivity index (χ3v) is 1.72. The Labute approximate surface area is 164 Å². The van der Waals surface area contributed by atoms with Crippen molar-refractivity contribution >= 4 is 41.3 Å². The van der Waals surface area contributed by atoms with Crippen molar-refractivity contribution in [2.45, 2.75) is 0 Å². The van der Waals surface area contributed by atoms with E-state index >= 15 is 0 Å². The van der Waals surface area contributed by atoms with Gasteiger partial charge in [-0.15, -0.1) is 3.97 Å². The van der Waals surface area contributed by atoms with Crippen LogP contribution in [0.15, 0.2) is 0 Å². The maximum Gasteiger partial charge on any atom is 2.00 e. The predicted molar refractivity (Wildman–Crippen MR) is 59.1 cm³/mol. The summed E-state index contributed by atoms with van der Waals surface area (Å²) >= 11 is 0. The number of hydrogen-bond acceptors (Lipinski definition) is 4. The van der Waals surface area contributed by atoms with Gasteiger partial charge >= 0.3 is 92.7 Å². The summed E-state index contributed by atoms with van der Waals surface area (Å²) in [5, 5.41) is 0. The van der Waals surface area contributed by atoms with Gasteiger partial charge in [0.1, 0.15) is 0 Å². The Morgan fingerprint density at radius 3 is 1.06 bits per heavy atom. The Bertz CT molecular complexity index is 241. The maximum atomic E-state index is 9.58. The molecule has 0 saturated carbocycles. The van der Waals surface area contributed by atoms with E-state index in [9.17, 15) is 13.0 Å². The minimum absolute atomic E-state index is 0. The summed E-state index contributed by atoms with van der Waals surface area (Å²) < 4.78 is 39.0. The fourth-order valence-corrected chi connectivity index (χ4v) is 1.10. The van der Waals surface area contributed by atoms with Gasteiger partial charge in [0.05, 0.1) is 0 Å². The molecule has 0 aliphatic carbocycles. The fourth-order valence-electron chi connectivity index (χ4n) is 0.123. The Hall–Kier alpha value is 2.14. The Morgan fingerprint density at radius 2 is 1.06 bits per heavy atom. The van der Waals surface area contributed by atoms with Gasteiger partial charge in [-0.3, -0.25) is 4.55 Å². The van der Waals surface area contributed by atoms with Crippen LogP contribution in [0, 0.1) is 0 Å². The molecule has 0 heterocycles. The van der Waals surface area contributed by atoms with Crippen LogP contribution in [0.3, 0.4) is 0 Å². The van der Waals surface area contributed by atoms with E-state index < -0.39 is 18.2 Å². The number of rotatable bonds is 2. The van der Waals surface area contributed by atoms with Crippen molar-refractivity contribution in [3.05, 3.63) is 0 Å². The first-order valence-corrected chi connectivity index (χ1v) is 4.34. The van der Waals surface area contributed by atoms with Gasteiger partial charge in [0.2, 0.25) is 0 Å². The third kappa shape index (κ3) is 80.4. The summed E-state index contributed by atoms with van der Waals surface area (Å²) in [4.78, 5) is 15.4. The van der Waals surface area contributed by atoms with E-state index in [1.165, 1.54) is 0 Å². The SMILES string of the molecule is O.O.O.O.O.O.O.O=P(O)(O)OS(=O)(=O)O.[H-].[H-].[H-].[K+].[Mg+2]. The molecule has 14 nitrogen and oxygen atoms in total. The molecule has 118 valence electrons. The number of phosphoric acid groups is 1. The molecule has 0 amide bonds. The van der Waals surface area contributed by atoms with Gasteiger partial charge < -0.3 is 52.4 Å². The third-order valence-electron chi connectivity index (χ3n) is 0.191. The molecule has 0 bridgehead atoms. The molecule has 0 atom stereocenters. The minimum atomic E-state index is -5.13. The summed E-state index contributed by atoms with van der Waals surface area (Å²) in [5.41, 5.74) is 0. The second-order valence-electron chi connectivity index (χ2n) is 0.993. The molecule has 0 saturated heterocycles. The molecule has 0 radical (unpaired) electrons. The van der Waals surface area contributed by atoms with Crippen LogP contribution < -0.4 is 51.4 Å². The smallest absolute Gasteiger partial charge is 1.00 e. The minimum Gasteiger partial charge on any atom is -1.00 e. The summed E-state index contributed by atoms with van der Waals surface area (Å²) in [5.74, 6) is 0. The monoisotopic (exact) mass is 370 g/mol. The Morgan fingerprint density at radius 1 is 0.889 bits per heavy atom. The molecule has 0 aliphatic rings. The van der Waals surface area contributed by atoms with Gasteiger partial charge in [0, 0.05) is 0 Å². The van der Waals surface area contributed by atoms with Crippen LogP contribution >= 0.6 is 7.82 Å². The molecule has 0 aromatic heterocycles. The average molecular weight is 371 g/mol. The predicted octanol–water partition coefficient (Wildman–Crippen LogP) is -9.91. The molecule has 0 aromatic rings. The quantitative estimate of drug-likeness (QED) is 0.239. The maximum absolute atomic E-state index is 9.58. The molecule has 0 unspecified atom stereocenters. The fraction of sp³-hybridized carbons (Fsp3) is 0. The molecule has 0 spiro atoms. The molecule has 18 heavy (non-hydrogen) atoms. The van der Waals surface area contributed by atoms with Crippen LogP contribution in [0.5, 0.6) is 0 Å². The van der Waals surface area contributed by atoms with Crippen LogP contribution in [0.25, 0.3) is 0 Å². The Balaban J connectivity index is -0.00000000485. The van der Waals surface area contributed by atoms with Crippen molar-refractivity contribution in [1.29, 1.82) is 0 Å². The number of hydrogen-bond donors (Lipinski definition) is 3. The summed E-state index contributed by atoms with van der Waals surface area (Å²) in [6.07, 6.45) is 0. The zero-order chi connectivity index (χ0) is 7.71. The van der Waals surface area contributed by atoms with E-state index in [0.717, 1.165) is 0 Å². The van der Waals surface area contributed by atoms with E-state index in [1.54, 1.807) is 0 Å². The second-order valence-corrected chi connectivity index (χ2v) is 3.43. The summed E-state index contributed by atoms with van der Waals surface area (Å²) in [6, 6.07) is 0. The molecule has 18 heteroatoms. The van der Waals surface area contributed by atoms with Crippen LogP contribution in [0.2, 0.25) is 0 Å². The van der Waals surface area contributed by atoms with Crippen molar-refractivity contribution in [3.63, 3.8) is 0 Å². The molecule has 0 rings (SSSR count). The molecule has 0 fully saturated rings. The Kier molecular flexibility index (Phi) is 110. The first-order chi connectivity index (χ1) is 3.71. The largest absolute Gasteiger partial charge is 2.00 e. The molecule has 0 aliphatic heterocycles. The van der Waals surface area contributed by atoms with Crippen molar-refractivity contribution in [2.24, 2.45) is 0 Å². The zero-order valence-corrected chi connectivity index (χ0v) is 15.3. The van der Waals surface area contributed by atoms with E-state index in [-0.39, 0.29) is 117 Å². The van der Waals surface area contributed by atoms with Crippen molar-refractivity contribution in [1.82, 2.24) is 0 Å². The first-order valence-electron chi connectivity index (χ1n) is 1.45. The zero-order valence-electron chi connectivity index (χ0n) is 12.0. The van der Waals surface area contributed by atoms with Crippen LogP contribution in [-0.4, -0.2) is 84.1 Å². The van der Waals surface area contributed by atoms with E-state index in [0.29, 0.717) is 0 Å². The van der Waals surface area contributed by atoms with Gasteiger partial charge in [-0.25, -0.2) is 4.57 Å². The van der Waals surface area contributed by atoms with Gasteiger partial charge in [-0.2, -0.15) is 8.42 Å². The van der Waals surface area contributed by atoms with Crippen LogP contribution in [-0.2, 0) is 18.9 Å². The van der Waals surface area contributed by atoms with Crippen molar-refractivity contribution in [2.75, 3.05) is 0 Å². The van der Waals surface area contributed by atoms with Crippen molar-refractivity contribution in [3.8, 4) is 0 Å². The van der Waals surface area contributed by atoms with Gasteiger partial charge in [-0.05, 0) is 0 Å². The van der Waals surface area contributed by atoms with Crippen molar-refractivity contribution < 1.29 is 125 Å². The summed E-state index contributed by atoms with van der Waals surface area (Å²) in [6.45, 7) is 0. The van der Waals surface area contributed by atoms with Gasteiger partial charge in [-0.1, -0.05) is 0 Å². The topological polar surface area (TPSA) is 342 Å². The van der Waals surface area contributed by atoms with E-state index in [2.05, 4.69) is 3.97 Å². The van der Waals surface area contributed by atoms with E-state index in [4.69, 9.17) is 14.3 Å². The van der Waals surface area contributed by atoms with E-state index in [1.807, 2.05) is 0 Å². The molecular formula is H20KMgO14PS. The van der Waals surface area contributed by atoms with Gasteiger partial charge in [0.15, 0.2) is 0 Å².